The van der Waals surface area contributed by atoms with Gasteiger partial charge < -0.3 is 19.5 Å². The molecule has 3 rings (SSSR count). The van der Waals surface area contributed by atoms with Crippen LogP contribution in [-0.4, -0.2) is 51.4 Å². The molecule has 1 fully saturated rings. The van der Waals surface area contributed by atoms with Gasteiger partial charge in [-0.05, 0) is 44.1 Å². The van der Waals surface area contributed by atoms with Crippen molar-refractivity contribution in [2.45, 2.75) is 25.4 Å². The molecule has 1 saturated heterocycles. The molecule has 5 heteroatoms. The summed E-state index contributed by atoms with van der Waals surface area (Å²) in [6, 6.07) is 4.74. The van der Waals surface area contributed by atoms with Gasteiger partial charge >= 0.3 is 0 Å². The number of likely N-dealkylation sites (tertiary alicyclic amines) is 1. The highest BCUT2D eigenvalue weighted by molar-refractivity contribution is 5.54. The van der Waals surface area contributed by atoms with E-state index in [1.807, 2.05) is 7.05 Å². The number of nitrogens with zero attached hydrogens (tertiary/aromatic N) is 1. The van der Waals surface area contributed by atoms with Gasteiger partial charge in [-0.1, -0.05) is 0 Å². The molecule has 0 saturated carbocycles. The molecule has 1 aromatic rings. The van der Waals surface area contributed by atoms with Crippen molar-refractivity contribution in [3.8, 4) is 17.2 Å². The Kier molecular flexibility index (Phi) is 4.51. The molecule has 2 aliphatic rings. The number of rotatable bonds is 4. The Bertz CT molecular complexity index is 475. The first-order valence-corrected chi connectivity index (χ1v) is 7.66. The van der Waals surface area contributed by atoms with E-state index >= 15 is 0 Å². The van der Waals surface area contributed by atoms with E-state index in [0.717, 1.165) is 36.9 Å². The first kappa shape index (κ1) is 14.5. The van der Waals surface area contributed by atoms with Crippen LogP contribution in [0.25, 0.3) is 0 Å². The number of ether oxygens (including phenoxy) is 3. The lowest BCUT2D eigenvalue weighted by Crippen LogP contribution is -2.43. The average Bonchev–Trinajstić information content (AvgIpc) is 2.54. The monoisotopic (exact) mass is 292 g/mol. The average molecular weight is 292 g/mol. The second-order valence-corrected chi connectivity index (χ2v) is 5.69. The fraction of sp³-hybridized carbons (Fsp3) is 0.625. The number of hydrogen-bond acceptors (Lipinski definition) is 5. The summed E-state index contributed by atoms with van der Waals surface area (Å²) in [6.45, 7) is 4.34. The smallest absolute Gasteiger partial charge is 0.203 e. The second kappa shape index (κ2) is 6.54. The quantitative estimate of drug-likeness (QED) is 0.914. The van der Waals surface area contributed by atoms with Gasteiger partial charge in [-0.15, -0.1) is 0 Å². The highest BCUT2D eigenvalue weighted by atomic mass is 16.6. The third-order valence-corrected chi connectivity index (χ3v) is 4.21. The maximum absolute atomic E-state index is 5.70. The summed E-state index contributed by atoms with van der Waals surface area (Å²) in [5, 5.41) is 3.38. The molecule has 1 aromatic carbocycles. The Hall–Kier alpha value is -1.46. The van der Waals surface area contributed by atoms with Crippen molar-refractivity contribution in [2.75, 3.05) is 40.5 Å². The van der Waals surface area contributed by atoms with Gasteiger partial charge in [0.05, 0.1) is 7.11 Å². The summed E-state index contributed by atoms with van der Waals surface area (Å²) in [4.78, 5) is 2.48. The van der Waals surface area contributed by atoms with E-state index in [9.17, 15) is 0 Å². The molecule has 1 unspecified atom stereocenters. The van der Waals surface area contributed by atoms with Crippen molar-refractivity contribution < 1.29 is 14.2 Å². The first-order chi connectivity index (χ1) is 10.3. The van der Waals surface area contributed by atoms with Crippen LogP contribution in [0.3, 0.4) is 0 Å². The van der Waals surface area contributed by atoms with E-state index in [4.69, 9.17) is 14.2 Å². The van der Waals surface area contributed by atoms with Crippen LogP contribution < -0.4 is 19.5 Å². The van der Waals surface area contributed by atoms with Crippen molar-refractivity contribution in [1.29, 1.82) is 0 Å². The number of nitrogens with one attached hydrogen (secondary N) is 1. The molecule has 2 aliphatic heterocycles. The van der Waals surface area contributed by atoms with Gasteiger partial charge in [0.15, 0.2) is 11.5 Å². The third-order valence-electron chi connectivity index (χ3n) is 4.21. The molecule has 0 bridgehead atoms. The lowest BCUT2D eigenvalue weighted by molar-refractivity contribution is 0.163. The van der Waals surface area contributed by atoms with Gasteiger partial charge in [-0.2, -0.15) is 0 Å². The van der Waals surface area contributed by atoms with E-state index in [1.165, 1.54) is 18.4 Å². The number of methoxy groups -OCH3 is 1. The van der Waals surface area contributed by atoms with Gasteiger partial charge in [0.25, 0.3) is 0 Å². The molecule has 1 atom stereocenters. The standard InChI is InChI=1S/C16H24N2O3/c1-17-13-4-3-5-18(11-13)10-12-8-14(19-2)16-15(9-12)20-6-7-21-16/h8-9,13,17H,3-7,10-11H2,1-2H3. The number of piperidine rings is 1. The van der Waals surface area contributed by atoms with Crippen LogP contribution in [0.2, 0.25) is 0 Å². The van der Waals surface area contributed by atoms with Crippen molar-refractivity contribution in [1.82, 2.24) is 10.2 Å². The number of benzene rings is 1. The summed E-state index contributed by atoms with van der Waals surface area (Å²) in [5.74, 6) is 2.31. The van der Waals surface area contributed by atoms with Crippen LogP contribution in [0.1, 0.15) is 18.4 Å². The van der Waals surface area contributed by atoms with Crippen LogP contribution in [-0.2, 0) is 6.54 Å². The van der Waals surface area contributed by atoms with Gasteiger partial charge in [0.1, 0.15) is 13.2 Å². The normalized spacial score (nSPS) is 22.1. The molecule has 0 aromatic heterocycles. The lowest BCUT2D eigenvalue weighted by atomic mass is 10.0. The predicted molar refractivity (Wildman–Crippen MR) is 81.3 cm³/mol. The Labute approximate surface area is 126 Å². The van der Waals surface area contributed by atoms with Gasteiger partial charge in [-0.3, -0.25) is 4.90 Å². The van der Waals surface area contributed by atoms with E-state index in [0.29, 0.717) is 19.3 Å². The minimum absolute atomic E-state index is 0.582. The van der Waals surface area contributed by atoms with Crippen LogP contribution in [0, 0.1) is 0 Å². The Morgan fingerprint density at radius 2 is 2.19 bits per heavy atom. The Morgan fingerprint density at radius 1 is 1.33 bits per heavy atom. The Balaban J connectivity index is 1.76. The molecule has 5 nitrogen and oxygen atoms in total. The maximum atomic E-state index is 5.70. The molecule has 2 heterocycles. The zero-order valence-electron chi connectivity index (χ0n) is 12.9. The fourth-order valence-electron chi connectivity index (χ4n) is 3.11. The summed E-state index contributed by atoms with van der Waals surface area (Å²) in [6.07, 6.45) is 2.50. The third kappa shape index (κ3) is 3.24. The largest absolute Gasteiger partial charge is 0.493 e. The van der Waals surface area contributed by atoms with Gasteiger partial charge in [0, 0.05) is 19.1 Å². The minimum atomic E-state index is 0.582. The molecule has 0 spiro atoms. The molecule has 1 N–H and O–H groups in total. The zero-order chi connectivity index (χ0) is 14.7. The molecule has 0 aliphatic carbocycles. The highest BCUT2D eigenvalue weighted by Crippen LogP contribution is 2.40. The number of fused-ring (bicyclic) bond motifs is 1. The van der Waals surface area contributed by atoms with Gasteiger partial charge in [-0.25, -0.2) is 0 Å². The van der Waals surface area contributed by atoms with Crippen molar-refractivity contribution in [3.63, 3.8) is 0 Å². The first-order valence-electron chi connectivity index (χ1n) is 7.66. The highest BCUT2D eigenvalue weighted by Gasteiger charge is 2.22. The summed E-state index contributed by atoms with van der Waals surface area (Å²) < 4.78 is 16.8. The topological polar surface area (TPSA) is 43.0 Å². The van der Waals surface area contributed by atoms with Crippen LogP contribution in [0.4, 0.5) is 0 Å². The fourth-order valence-corrected chi connectivity index (χ4v) is 3.11. The summed E-state index contributed by atoms with van der Waals surface area (Å²) in [7, 11) is 3.72. The predicted octanol–water partition coefficient (Wildman–Crippen LogP) is 1.65. The van der Waals surface area contributed by atoms with Crippen LogP contribution >= 0.6 is 0 Å². The SMILES string of the molecule is CNC1CCCN(Cc2cc(OC)c3c(c2)OCCO3)C1. The molecule has 0 amide bonds. The maximum Gasteiger partial charge on any atom is 0.203 e. The minimum Gasteiger partial charge on any atom is -0.493 e. The van der Waals surface area contributed by atoms with E-state index in [1.54, 1.807) is 7.11 Å². The van der Waals surface area contributed by atoms with Crippen molar-refractivity contribution in [3.05, 3.63) is 17.7 Å². The second-order valence-electron chi connectivity index (χ2n) is 5.69. The van der Waals surface area contributed by atoms with E-state index in [-0.39, 0.29) is 0 Å². The summed E-state index contributed by atoms with van der Waals surface area (Å²) in [5.41, 5.74) is 1.22. The van der Waals surface area contributed by atoms with E-state index < -0.39 is 0 Å². The Morgan fingerprint density at radius 3 is 3.00 bits per heavy atom. The zero-order valence-corrected chi connectivity index (χ0v) is 12.9. The molecule has 0 radical (unpaired) electrons. The molecular weight excluding hydrogens is 268 g/mol. The molecule has 116 valence electrons. The number of likely N-dealkylation sites (N-methyl/N-ethyl adjacent to an activating group) is 1. The summed E-state index contributed by atoms with van der Waals surface area (Å²) >= 11 is 0. The van der Waals surface area contributed by atoms with Crippen molar-refractivity contribution >= 4 is 0 Å². The van der Waals surface area contributed by atoms with Crippen LogP contribution in [0.5, 0.6) is 17.2 Å². The van der Waals surface area contributed by atoms with Gasteiger partial charge in [0.2, 0.25) is 5.75 Å². The van der Waals surface area contributed by atoms with Crippen molar-refractivity contribution in [2.24, 2.45) is 0 Å². The van der Waals surface area contributed by atoms with E-state index in [2.05, 4.69) is 22.3 Å². The lowest BCUT2D eigenvalue weighted by Gasteiger charge is -2.32. The molecular formula is C16H24N2O3. The number of hydrogen-bond donors (Lipinski definition) is 1. The van der Waals surface area contributed by atoms with Crippen LogP contribution in [0.15, 0.2) is 12.1 Å². The molecule has 21 heavy (non-hydrogen) atoms.